The first-order valence-corrected chi connectivity index (χ1v) is 7.94. The van der Waals surface area contributed by atoms with Gasteiger partial charge in [0, 0.05) is 18.7 Å². The minimum absolute atomic E-state index is 0.0918. The zero-order chi connectivity index (χ0) is 17.2. The Morgan fingerprint density at radius 3 is 2.71 bits per heavy atom. The van der Waals surface area contributed by atoms with Gasteiger partial charge >= 0.3 is 0 Å². The first-order chi connectivity index (χ1) is 11.7. The van der Waals surface area contributed by atoms with E-state index in [1.807, 2.05) is 36.4 Å². The summed E-state index contributed by atoms with van der Waals surface area (Å²) in [5.41, 5.74) is 5.73. The Morgan fingerprint density at radius 1 is 1.21 bits per heavy atom. The van der Waals surface area contributed by atoms with Crippen molar-refractivity contribution in [1.29, 1.82) is 0 Å². The van der Waals surface area contributed by atoms with Crippen LogP contribution in [0.1, 0.15) is 24.0 Å². The summed E-state index contributed by atoms with van der Waals surface area (Å²) in [5.74, 6) is 0.697. The monoisotopic (exact) mass is 325 g/mol. The molecule has 0 bridgehead atoms. The average Bonchev–Trinajstić information content (AvgIpc) is 2.59. The Morgan fingerprint density at radius 2 is 2.00 bits per heavy atom. The largest absolute Gasteiger partial charge is 0.497 e. The Bertz CT molecular complexity index is 681. The molecule has 2 aromatic rings. The van der Waals surface area contributed by atoms with Crippen molar-refractivity contribution in [3.63, 3.8) is 0 Å². The van der Waals surface area contributed by atoms with Crippen LogP contribution in [0.2, 0.25) is 0 Å². The molecule has 2 rings (SSSR count). The number of methoxy groups -OCH3 is 1. The van der Waals surface area contributed by atoms with Gasteiger partial charge in [-0.3, -0.25) is 4.79 Å². The maximum atomic E-state index is 11.7. The lowest BCUT2D eigenvalue weighted by Gasteiger charge is -2.06. The Labute approximate surface area is 142 Å². The normalized spacial score (nSPS) is 10.6. The number of anilines is 1. The maximum absolute atomic E-state index is 11.7. The number of carbonyl (C=O) groups is 1. The molecule has 5 nitrogen and oxygen atoms in total. The molecule has 0 heterocycles. The van der Waals surface area contributed by atoms with Crippen molar-refractivity contribution in [1.82, 2.24) is 5.43 Å². The number of nitrogens with zero attached hydrogens (tertiary/aromatic N) is 1. The van der Waals surface area contributed by atoms with Crippen molar-refractivity contribution >= 4 is 17.8 Å². The summed E-state index contributed by atoms with van der Waals surface area (Å²) in [6.45, 7) is 2.80. The van der Waals surface area contributed by atoms with E-state index in [9.17, 15) is 4.79 Å². The number of carbonyl (C=O) groups excluding carboxylic acids is 1. The molecule has 0 saturated heterocycles. The van der Waals surface area contributed by atoms with Gasteiger partial charge in [-0.1, -0.05) is 12.1 Å². The molecule has 0 spiro atoms. The van der Waals surface area contributed by atoms with Crippen LogP contribution in [0.5, 0.6) is 5.75 Å². The lowest BCUT2D eigenvalue weighted by molar-refractivity contribution is -0.121. The molecule has 1 amide bonds. The summed E-state index contributed by atoms with van der Waals surface area (Å²) in [7, 11) is 1.62. The van der Waals surface area contributed by atoms with Crippen LogP contribution in [0.4, 0.5) is 5.69 Å². The van der Waals surface area contributed by atoms with Gasteiger partial charge in [0.05, 0.1) is 13.3 Å². The highest BCUT2D eigenvalue weighted by Gasteiger charge is 1.99. The van der Waals surface area contributed by atoms with Gasteiger partial charge in [0.15, 0.2) is 0 Å². The van der Waals surface area contributed by atoms with Crippen LogP contribution in [0.15, 0.2) is 53.6 Å². The van der Waals surface area contributed by atoms with E-state index < -0.39 is 0 Å². The van der Waals surface area contributed by atoms with E-state index in [1.54, 1.807) is 13.3 Å². The van der Waals surface area contributed by atoms with E-state index >= 15 is 0 Å². The number of rotatable bonds is 8. The maximum Gasteiger partial charge on any atom is 0.240 e. The fourth-order valence-electron chi connectivity index (χ4n) is 2.16. The lowest BCUT2D eigenvalue weighted by atomic mass is 10.2. The van der Waals surface area contributed by atoms with Gasteiger partial charge in [-0.05, 0) is 60.9 Å². The number of hydrogen-bond acceptors (Lipinski definition) is 4. The van der Waals surface area contributed by atoms with Crippen LogP contribution in [0.3, 0.4) is 0 Å². The van der Waals surface area contributed by atoms with E-state index in [-0.39, 0.29) is 5.91 Å². The molecule has 24 heavy (non-hydrogen) atoms. The summed E-state index contributed by atoms with van der Waals surface area (Å²) in [6, 6.07) is 15.6. The van der Waals surface area contributed by atoms with Crippen LogP contribution in [-0.4, -0.2) is 25.8 Å². The van der Waals surface area contributed by atoms with E-state index in [0.717, 1.165) is 30.0 Å². The van der Waals surface area contributed by atoms with Crippen molar-refractivity contribution in [2.75, 3.05) is 19.0 Å². The molecule has 0 aromatic heterocycles. The minimum Gasteiger partial charge on any atom is -0.497 e. The topological polar surface area (TPSA) is 62.7 Å². The summed E-state index contributed by atoms with van der Waals surface area (Å²) >= 11 is 0. The summed E-state index contributed by atoms with van der Waals surface area (Å²) in [4.78, 5) is 11.7. The van der Waals surface area contributed by atoms with Crippen LogP contribution in [-0.2, 0) is 4.79 Å². The molecule has 0 radical (unpaired) electrons. The Balaban J connectivity index is 1.64. The van der Waals surface area contributed by atoms with Gasteiger partial charge in [0.1, 0.15) is 5.75 Å². The first kappa shape index (κ1) is 17.5. The Kier molecular flexibility index (Phi) is 6.83. The van der Waals surface area contributed by atoms with Gasteiger partial charge in [0.2, 0.25) is 5.91 Å². The summed E-state index contributed by atoms with van der Waals surface area (Å²) in [6.07, 6.45) is 2.79. The number of amides is 1. The van der Waals surface area contributed by atoms with Crippen LogP contribution in [0.25, 0.3) is 0 Å². The predicted molar refractivity (Wildman–Crippen MR) is 97.6 cm³/mol. The average molecular weight is 325 g/mol. The number of nitrogens with one attached hydrogen (secondary N) is 2. The van der Waals surface area contributed by atoms with Gasteiger partial charge in [0.25, 0.3) is 0 Å². The summed E-state index contributed by atoms with van der Waals surface area (Å²) < 4.78 is 5.09. The molecule has 2 aromatic carbocycles. The number of ether oxygens (including phenoxy) is 1. The highest BCUT2D eigenvalue weighted by molar-refractivity contribution is 5.82. The van der Waals surface area contributed by atoms with Gasteiger partial charge < -0.3 is 10.1 Å². The molecule has 0 aliphatic rings. The molecule has 0 fully saturated rings. The second-order valence-corrected chi connectivity index (χ2v) is 5.47. The Hall–Kier alpha value is -2.82. The zero-order valence-corrected chi connectivity index (χ0v) is 14.1. The molecule has 2 N–H and O–H groups in total. The lowest BCUT2D eigenvalue weighted by Crippen LogP contribution is -2.18. The predicted octanol–water partition coefficient (Wildman–Crippen LogP) is 3.35. The van der Waals surface area contributed by atoms with Gasteiger partial charge in [-0.2, -0.15) is 5.10 Å². The standard InChI is InChI=1S/C19H23N3O2/c1-15-5-3-6-17(13-15)20-12-4-7-19(23)22-21-14-16-8-10-18(24-2)11-9-16/h3,5-6,8-11,13-14,20H,4,7,12H2,1-2H3,(H,22,23)/b21-14-. The second-order valence-electron chi connectivity index (χ2n) is 5.47. The molecule has 0 aliphatic carbocycles. The molecule has 126 valence electrons. The van der Waals surface area contributed by atoms with Crippen LogP contribution in [0, 0.1) is 6.92 Å². The quantitative estimate of drug-likeness (QED) is 0.444. The smallest absolute Gasteiger partial charge is 0.240 e. The number of hydrazone groups is 1. The molecule has 0 unspecified atom stereocenters. The van der Waals surface area contributed by atoms with E-state index in [4.69, 9.17) is 4.74 Å². The fourth-order valence-corrected chi connectivity index (χ4v) is 2.16. The third kappa shape index (κ3) is 6.12. The molecule has 0 saturated carbocycles. The van der Waals surface area contributed by atoms with E-state index in [0.29, 0.717) is 6.42 Å². The SMILES string of the molecule is COc1ccc(/C=N\NC(=O)CCCNc2cccc(C)c2)cc1. The van der Waals surface area contributed by atoms with Crippen molar-refractivity contribution in [3.8, 4) is 5.75 Å². The molecule has 0 atom stereocenters. The van der Waals surface area contributed by atoms with Gasteiger partial charge in [-0.25, -0.2) is 5.43 Å². The van der Waals surface area contributed by atoms with Gasteiger partial charge in [-0.15, -0.1) is 0 Å². The molecule has 0 aliphatic heterocycles. The van der Waals surface area contributed by atoms with E-state index in [1.165, 1.54) is 5.56 Å². The fraction of sp³-hybridized carbons (Fsp3) is 0.263. The van der Waals surface area contributed by atoms with Crippen molar-refractivity contribution in [2.24, 2.45) is 5.10 Å². The number of hydrogen-bond donors (Lipinski definition) is 2. The second kappa shape index (κ2) is 9.35. The van der Waals surface area contributed by atoms with Crippen molar-refractivity contribution < 1.29 is 9.53 Å². The van der Waals surface area contributed by atoms with Crippen LogP contribution >= 0.6 is 0 Å². The molecule has 5 heteroatoms. The van der Waals surface area contributed by atoms with Crippen molar-refractivity contribution in [3.05, 3.63) is 59.7 Å². The first-order valence-electron chi connectivity index (χ1n) is 7.94. The molecular weight excluding hydrogens is 302 g/mol. The number of benzene rings is 2. The van der Waals surface area contributed by atoms with Crippen molar-refractivity contribution in [2.45, 2.75) is 19.8 Å². The van der Waals surface area contributed by atoms with Crippen LogP contribution < -0.4 is 15.5 Å². The highest BCUT2D eigenvalue weighted by Crippen LogP contribution is 2.10. The summed E-state index contributed by atoms with van der Waals surface area (Å²) in [5, 5.41) is 7.26. The molecular formula is C19H23N3O2. The number of aryl methyl sites for hydroxylation is 1. The van der Waals surface area contributed by atoms with E-state index in [2.05, 4.69) is 34.9 Å². The highest BCUT2D eigenvalue weighted by atomic mass is 16.5. The minimum atomic E-state index is -0.0918. The third-order valence-electron chi connectivity index (χ3n) is 3.45. The zero-order valence-electron chi connectivity index (χ0n) is 14.1. The third-order valence-corrected chi connectivity index (χ3v) is 3.45.